The number of aromatic nitrogens is 4. The highest BCUT2D eigenvalue weighted by molar-refractivity contribution is 9.10. The highest BCUT2D eigenvalue weighted by Crippen LogP contribution is 2.46. The molecule has 1 saturated heterocycles. The maximum Gasteiger partial charge on any atom is 0.212 e. The van der Waals surface area contributed by atoms with Gasteiger partial charge >= 0.3 is 0 Å². The van der Waals surface area contributed by atoms with Gasteiger partial charge in [-0.2, -0.15) is 0 Å². The fourth-order valence-electron chi connectivity index (χ4n) is 3.97. The van der Waals surface area contributed by atoms with E-state index in [1.807, 2.05) is 11.3 Å². The Morgan fingerprint density at radius 2 is 1.86 bits per heavy atom. The van der Waals surface area contributed by atoms with Crippen LogP contribution in [0.15, 0.2) is 10.8 Å². The van der Waals surface area contributed by atoms with Gasteiger partial charge in [0.1, 0.15) is 6.33 Å². The summed E-state index contributed by atoms with van der Waals surface area (Å²) in [6, 6.07) is 0. The molecule has 112 valence electrons. The second kappa shape index (κ2) is 4.93. The Hall–Kier alpha value is -1.17. The van der Waals surface area contributed by atoms with Crippen LogP contribution in [0.4, 0.5) is 5.95 Å². The molecule has 1 aliphatic carbocycles. The van der Waals surface area contributed by atoms with Crippen molar-refractivity contribution in [3.8, 4) is 0 Å². The van der Waals surface area contributed by atoms with Gasteiger partial charge in [-0.1, -0.05) is 12.8 Å². The fourth-order valence-corrected chi connectivity index (χ4v) is 4.33. The summed E-state index contributed by atoms with van der Waals surface area (Å²) >= 11 is 3.56. The summed E-state index contributed by atoms with van der Waals surface area (Å²) < 4.78 is 2.94. The SMILES string of the molecule is Cc1nc(N2CCC3(CCCC3)CC2)n2cnnc2c1Br. The monoisotopic (exact) mass is 349 g/mol. The Morgan fingerprint density at radius 1 is 1.14 bits per heavy atom. The molecule has 6 heteroatoms. The quantitative estimate of drug-likeness (QED) is 0.791. The summed E-state index contributed by atoms with van der Waals surface area (Å²) in [6.45, 7) is 4.22. The highest BCUT2D eigenvalue weighted by Gasteiger charge is 2.37. The van der Waals surface area contributed by atoms with Gasteiger partial charge in [0, 0.05) is 13.1 Å². The van der Waals surface area contributed by atoms with Gasteiger partial charge in [-0.15, -0.1) is 10.2 Å². The maximum absolute atomic E-state index is 4.77. The highest BCUT2D eigenvalue weighted by atomic mass is 79.9. The molecule has 4 rings (SSSR count). The van der Waals surface area contributed by atoms with Crippen molar-refractivity contribution in [3.63, 3.8) is 0 Å². The van der Waals surface area contributed by atoms with Crippen molar-refractivity contribution in [2.75, 3.05) is 18.0 Å². The number of hydrogen-bond acceptors (Lipinski definition) is 4. The Morgan fingerprint density at radius 3 is 2.57 bits per heavy atom. The van der Waals surface area contributed by atoms with Crippen LogP contribution in [-0.4, -0.2) is 32.7 Å². The van der Waals surface area contributed by atoms with Gasteiger partial charge in [0.05, 0.1) is 10.2 Å². The second-order valence-corrected chi connectivity index (χ2v) is 7.32. The van der Waals surface area contributed by atoms with Crippen LogP contribution in [-0.2, 0) is 0 Å². The molecule has 2 aromatic heterocycles. The summed E-state index contributed by atoms with van der Waals surface area (Å²) in [7, 11) is 0. The molecule has 21 heavy (non-hydrogen) atoms. The van der Waals surface area contributed by atoms with E-state index in [0.717, 1.165) is 34.9 Å². The minimum Gasteiger partial charge on any atom is -0.342 e. The van der Waals surface area contributed by atoms with Crippen LogP contribution in [0.3, 0.4) is 0 Å². The Balaban J connectivity index is 1.65. The molecular weight excluding hydrogens is 330 g/mol. The lowest BCUT2D eigenvalue weighted by Crippen LogP contribution is -2.40. The minimum atomic E-state index is 0.632. The fraction of sp³-hybridized carbons (Fsp3) is 0.667. The molecule has 1 aliphatic heterocycles. The van der Waals surface area contributed by atoms with Gasteiger partial charge < -0.3 is 4.90 Å². The normalized spacial score (nSPS) is 21.5. The third-order valence-corrected chi connectivity index (χ3v) is 6.24. The topological polar surface area (TPSA) is 46.3 Å². The average Bonchev–Trinajstić information content (AvgIpc) is 3.14. The molecule has 1 spiro atoms. The standard InChI is InChI=1S/C15H20BrN5/c1-11-12(16)13-19-17-10-21(13)14(18-11)20-8-6-15(7-9-20)4-2-3-5-15/h10H,2-9H2,1H3. The van der Waals surface area contributed by atoms with E-state index in [1.54, 1.807) is 6.33 Å². The van der Waals surface area contributed by atoms with Crippen LogP contribution in [0.2, 0.25) is 0 Å². The first kappa shape index (κ1) is 13.5. The van der Waals surface area contributed by atoms with Crippen molar-refractivity contribution in [1.82, 2.24) is 19.6 Å². The Kier molecular flexibility index (Phi) is 3.17. The van der Waals surface area contributed by atoms with Crippen molar-refractivity contribution in [3.05, 3.63) is 16.5 Å². The number of piperidine rings is 1. The minimum absolute atomic E-state index is 0.632. The molecule has 2 aromatic rings. The van der Waals surface area contributed by atoms with E-state index in [0.29, 0.717) is 5.41 Å². The van der Waals surface area contributed by atoms with Crippen LogP contribution in [0, 0.1) is 12.3 Å². The molecular formula is C15H20BrN5. The van der Waals surface area contributed by atoms with E-state index in [9.17, 15) is 0 Å². The van der Waals surface area contributed by atoms with Gasteiger partial charge in [0.15, 0.2) is 5.65 Å². The predicted molar refractivity (Wildman–Crippen MR) is 85.6 cm³/mol. The zero-order valence-corrected chi connectivity index (χ0v) is 13.9. The zero-order chi connectivity index (χ0) is 14.4. The lowest BCUT2D eigenvalue weighted by Gasteiger charge is -2.40. The molecule has 2 fully saturated rings. The van der Waals surface area contributed by atoms with E-state index in [4.69, 9.17) is 4.98 Å². The maximum atomic E-state index is 4.77. The number of nitrogens with zero attached hydrogens (tertiary/aromatic N) is 5. The summed E-state index contributed by atoms with van der Waals surface area (Å²) in [5.41, 5.74) is 2.47. The van der Waals surface area contributed by atoms with Gasteiger partial charge in [-0.05, 0) is 54.0 Å². The van der Waals surface area contributed by atoms with E-state index in [1.165, 1.54) is 38.5 Å². The van der Waals surface area contributed by atoms with E-state index in [2.05, 4.69) is 31.0 Å². The molecule has 0 N–H and O–H groups in total. The molecule has 2 aliphatic rings. The molecule has 0 atom stereocenters. The van der Waals surface area contributed by atoms with Crippen molar-refractivity contribution >= 4 is 27.5 Å². The first-order valence-corrected chi connectivity index (χ1v) is 8.59. The predicted octanol–water partition coefficient (Wildman–Crippen LogP) is 3.36. The number of aryl methyl sites for hydroxylation is 1. The largest absolute Gasteiger partial charge is 0.342 e. The number of halogens is 1. The van der Waals surface area contributed by atoms with E-state index in [-0.39, 0.29) is 0 Å². The first-order valence-electron chi connectivity index (χ1n) is 7.79. The van der Waals surface area contributed by atoms with E-state index < -0.39 is 0 Å². The Labute approximate surface area is 132 Å². The van der Waals surface area contributed by atoms with Gasteiger partial charge in [0.2, 0.25) is 5.95 Å². The number of fused-ring (bicyclic) bond motifs is 1. The molecule has 0 aromatic carbocycles. The molecule has 1 saturated carbocycles. The van der Waals surface area contributed by atoms with Gasteiger partial charge in [-0.25, -0.2) is 9.38 Å². The zero-order valence-electron chi connectivity index (χ0n) is 12.3. The van der Waals surface area contributed by atoms with Crippen LogP contribution in [0.5, 0.6) is 0 Å². The lowest BCUT2D eigenvalue weighted by atomic mass is 9.77. The summed E-state index contributed by atoms with van der Waals surface area (Å²) in [4.78, 5) is 7.18. The first-order chi connectivity index (χ1) is 10.2. The van der Waals surface area contributed by atoms with Crippen molar-refractivity contribution in [2.45, 2.75) is 45.4 Å². The molecule has 5 nitrogen and oxygen atoms in total. The molecule has 0 unspecified atom stereocenters. The molecule has 0 amide bonds. The number of hydrogen-bond donors (Lipinski definition) is 0. The molecule has 0 radical (unpaired) electrons. The third-order valence-electron chi connectivity index (χ3n) is 5.32. The second-order valence-electron chi connectivity index (χ2n) is 6.53. The molecule has 0 bridgehead atoms. The summed E-state index contributed by atoms with van der Waals surface area (Å²) in [5.74, 6) is 0.989. The van der Waals surface area contributed by atoms with Crippen LogP contribution >= 0.6 is 15.9 Å². The van der Waals surface area contributed by atoms with E-state index >= 15 is 0 Å². The van der Waals surface area contributed by atoms with Crippen molar-refractivity contribution < 1.29 is 0 Å². The molecule has 3 heterocycles. The van der Waals surface area contributed by atoms with Crippen LogP contribution in [0.25, 0.3) is 5.65 Å². The Bertz CT molecular complexity index is 664. The summed E-state index contributed by atoms with van der Waals surface area (Å²) in [6.07, 6.45) is 10.1. The van der Waals surface area contributed by atoms with Crippen LogP contribution < -0.4 is 4.90 Å². The van der Waals surface area contributed by atoms with Crippen molar-refractivity contribution in [2.24, 2.45) is 5.41 Å². The number of anilines is 1. The number of rotatable bonds is 1. The summed E-state index contributed by atoms with van der Waals surface area (Å²) in [5, 5.41) is 8.25. The lowest BCUT2D eigenvalue weighted by molar-refractivity contribution is 0.225. The third kappa shape index (κ3) is 2.15. The average molecular weight is 350 g/mol. The van der Waals surface area contributed by atoms with Crippen molar-refractivity contribution in [1.29, 1.82) is 0 Å². The van der Waals surface area contributed by atoms with Gasteiger partial charge in [-0.3, -0.25) is 0 Å². The van der Waals surface area contributed by atoms with Gasteiger partial charge in [0.25, 0.3) is 0 Å². The smallest absolute Gasteiger partial charge is 0.212 e. The van der Waals surface area contributed by atoms with Crippen LogP contribution in [0.1, 0.15) is 44.2 Å².